The third kappa shape index (κ3) is 3.48. The topological polar surface area (TPSA) is 86.3 Å². The van der Waals surface area contributed by atoms with Crippen molar-refractivity contribution >= 4 is 32.3 Å². The first-order chi connectivity index (χ1) is 12.3. The highest BCUT2D eigenvalue weighted by atomic mass is 32.2. The zero-order valence-corrected chi connectivity index (χ0v) is 15.9. The fourth-order valence-corrected chi connectivity index (χ4v) is 3.72. The number of aromatic nitrogens is 1. The molecular weight excluding hydrogens is 350 g/mol. The van der Waals surface area contributed by atoms with Gasteiger partial charge in [0.15, 0.2) is 0 Å². The summed E-state index contributed by atoms with van der Waals surface area (Å²) in [6.07, 6.45) is 1.13. The third-order valence-electron chi connectivity index (χ3n) is 4.16. The van der Waals surface area contributed by atoms with E-state index in [0.29, 0.717) is 24.5 Å². The number of hydrogen-bond donors (Lipinski definition) is 2. The number of nitrogens with zero attached hydrogens (tertiary/aromatic N) is 1. The first kappa shape index (κ1) is 18.1. The van der Waals surface area contributed by atoms with Crippen LogP contribution in [-0.4, -0.2) is 25.8 Å². The fourth-order valence-electron chi connectivity index (χ4n) is 3.17. The van der Waals surface area contributed by atoms with Gasteiger partial charge in [0.05, 0.1) is 35.4 Å². The van der Waals surface area contributed by atoms with Crippen molar-refractivity contribution in [3.63, 3.8) is 0 Å². The van der Waals surface area contributed by atoms with Gasteiger partial charge in [0.1, 0.15) is 5.75 Å². The zero-order valence-electron chi connectivity index (χ0n) is 15.1. The standard InChI is InChI=1S/C19H23N3O3S/c1-4-22-17-12-14(21-26(3,23)24)8-11-16(17)18(20)19(22)13-6-9-15(10-7-13)25-5-2/h6-12,21H,4-5,20H2,1-3H3. The maximum absolute atomic E-state index is 11.5. The Morgan fingerprint density at radius 3 is 2.38 bits per heavy atom. The van der Waals surface area contributed by atoms with Gasteiger partial charge in [-0.05, 0) is 56.3 Å². The van der Waals surface area contributed by atoms with Gasteiger partial charge in [-0.1, -0.05) is 0 Å². The molecule has 0 aliphatic carbocycles. The van der Waals surface area contributed by atoms with Crippen LogP contribution in [0, 0.1) is 0 Å². The van der Waals surface area contributed by atoms with Gasteiger partial charge < -0.3 is 15.0 Å². The Bertz CT molecular complexity index is 1040. The first-order valence-corrected chi connectivity index (χ1v) is 10.4. The van der Waals surface area contributed by atoms with E-state index in [1.165, 1.54) is 0 Å². The number of sulfonamides is 1. The third-order valence-corrected chi connectivity index (χ3v) is 4.77. The molecule has 0 atom stereocenters. The Hall–Kier alpha value is -2.67. The van der Waals surface area contributed by atoms with E-state index in [0.717, 1.165) is 34.2 Å². The summed E-state index contributed by atoms with van der Waals surface area (Å²) in [5.41, 5.74) is 10.4. The molecule has 26 heavy (non-hydrogen) atoms. The quantitative estimate of drug-likeness (QED) is 0.690. The number of benzene rings is 2. The summed E-state index contributed by atoms with van der Waals surface area (Å²) in [6, 6.07) is 13.2. The molecule has 0 unspecified atom stereocenters. The van der Waals surface area contributed by atoms with Crippen LogP contribution in [0.3, 0.4) is 0 Å². The van der Waals surface area contributed by atoms with E-state index in [1.807, 2.05) is 50.2 Å². The number of nitrogens with one attached hydrogen (secondary N) is 1. The van der Waals surface area contributed by atoms with Gasteiger partial charge in [-0.2, -0.15) is 0 Å². The minimum atomic E-state index is -3.34. The van der Waals surface area contributed by atoms with Crippen LogP contribution in [0.2, 0.25) is 0 Å². The second-order valence-electron chi connectivity index (χ2n) is 6.07. The average Bonchev–Trinajstić information content (AvgIpc) is 2.86. The van der Waals surface area contributed by atoms with E-state index in [-0.39, 0.29) is 0 Å². The molecule has 0 bridgehead atoms. The van der Waals surface area contributed by atoms with Gasteiger partial charge in [0.2, 0.25) is 10.0 Å². The maximum Gasteiger partial charge on any atom is 0.229 e. The van der Waals surface area contributed by atoms with E-state index in [2.05, 4.69) is 9.29 Å². The number of nitrogen functional groups attached to an aromatic ring is 1. The summed E-state index contributed by atoms with van der Waals surface area (Å²) in [6.45, 7) is 5.31. The summed E-state index contributed by atoms with van der Waals surface area (Å²) in [4.78, 5) is 0. The Balaban J connectivity index is 2.14. The lowest BCUT2D eigenvalue weighted by Gasteiger charge is -2.10. The molecule has 1 heterocycles. The zero-order chi connectivity index (χ0) is 18.9. The van der Waals surface area contributed by atoms with Crippen LogP contribution in [0.25, 0.3) is 22.2 Å². The highest BCUT2D eigenvalue weighted by Crippen LogP contribution is 2.37. The molecule has 3 rings (SSSR count). The van der Waals surface area contributed by atoms with E-state index in [4.69, 9.17) is 10.5 Å². The van der Waals surface area contributed by atoms with Crippen LogP contribution in [0.5, 0.6) is 5.75 Å². The number of anilines is 2. The van der Waals surface area contributed by atoms with Crippen LogP contribution >= 0.6 is 0 Å². The number of aryl methyl sites for hydroxylation is 1. The van der Waals surface area contributed by atoms with E-state index >= 15 is 0 Å². The van der Waals surface area contributed by atoms with Crippen molar-refractivity contribution in [1.29, 1.82) is 0 Å². The molecule has 1 aromatic heterocycles. The second kappa shape index (κ2) is 6.92. The molecule has 0 radical (unpaired) electrons. The van der Waals surface area contributed by atoms with Gasteiger partial charge in [-0.25, -0.2) is 8.42 Å². The van der Waals surface area contributed by atoms with Gasteiger partial charge in [0.25, 0.3) is 0 Å². The molecule has 0 aliphatic heterocycles. The van der Waals surface area contributed by atoms with Crippen molar-refractivity contribution in [1.82, 2.24) is 4.57 Å². The molecule has 2 aromatic carbocycles. The number of rotatable bonds is 6. The smallest absolute Gasteiger partial charge is 0.229 e. The lowest BCUT2D eigenvalue weighted by atomic mass is 10.1. The Morgan fingerprint density at radius 1 is 1.12 bits per heavy atom. The normalized spacial score (nSPS) is 11.7. The molecule has 138 valence electrons. The van der Waals surface area contributed by atoms with E-state index in [1.54, 1.807) is 6.07 Å². The molecule has 3 N–H and O–H groups in total. The predicted octanol–water partition coefficient (Wildman–Crippen LogP) is 3.68. The summed E-state index contributed by atoms with van der Waals surface area (Å²) >= 11 is 0. The summed E-state index contributed by atoms with van der Waals surface area (Å²) < 4.78 is 33.1. The minimum Gasteiger partial charge on any atom is -0.494 e. The number of fused-ring (bicyclic) bond motifs is 1. The monoisotopic (exact) mass is 373 g/mol. The minimum absolute atomic E-state index is 0.519. The van der Waals surface area contributed by atoms with Crippen LogP contribution < -0.4 is 15.2 Å². The molecule has 0 spiro atoms. The maximum atomic E-state index is 11.5. The fraction of sp³-hybridized carbons (Fsp3) is 0.263. The van der Waals surface area contributed by atoms with E-state index in [9.17, 15) is 8.42 Å². The van der Waals surface area contributed by atoms with Gasteiger partial charge in [0, 0.05) is 17.5 Å². The Labute approximate surface area is 153 Å². The molecular formula is C19H23N3O3S. The second-order valence-corrected chi connectivity index (χ2v) is 7.82. The number of nitrogens with two attached hydrogens (primary N) is 1. The van der Waals surface area contributed by atoms with Crippen LogP contribution in [0.1, 0.15) is 13.8 Å². The van der Waals surface area contributed by atoms with Crippen molar-refractivity contribution < 1.29 is 13.2 Å². The van der Waals surface area contributed by atoms with Crippen molar-refractivity contribution in [2.45, 2.75) is 20.4 Å². The number of ether oxygens (including phenoxy) is 1. The molecule has 3 aromatic rings. The summed E-state index contributed by atoms with van der Waals surface area (Å²) in [5.74, 6) is 0.814. The highest BCUT2D eigenvalue weighted by molar-refractivity contribution is 7.92. The predicted molar refractivity (Wildman–Crippen MR) is 107 cm³/mol. The average molecular weight is 373 g/mol. The van der Waals surface area contributed by atoms with Gasteiger partial charge >= 0.3 is 0 Å². The van der Waals surface area contributed by atoms with Gasteiger partial charge in [-0.15, -0.1) is 0 Å². The van der Waals surface area contributed by atoms with Crippen molar-refractivity contribution in [3.8, 4) is 17.0 Å². The highest BCUT2D eigenvalue weighted by Gasteiger charge is 2.17. The molecule has 0 aliphatic rings. The van der Waals surface area contributed by atoms with Crippen molar-refractivity contribution in [2.75, 3.05) is 23.3 Å². The molecule has 7 heteroatoms. The van der Waals surface area contributed by atoms with Crippen LogP contribution in [0.15, 0.2) is 42.5 Å². The molecule has 0 amide bonds. The van der Waals surface area contributed by atoms with Gasteiger partial charge in [-0.3, -0.25) is 4.72 Å². The molecule has 0 saturated carbocycles. The molecule has 0 fully saturated rings. The lowest BCUT2D eigenvalue weighted by molar-refractivity contribution is 0.340. The summed E-state index contributed by atoms with van der Waals surface area (Å²) in [7, 11) is -3.34. The molecule has 6 nitrogen and oxygen atoms in total. The van der Waals surface area contributed by atoms with E-state index < -0.39 is 10.0 Å². The Morgan fingerprint density at radius 2 is 1.81 bits per heavy atom. The lowest BCUT2D eigenvalue weighted by Crippen LogP contribution is -2.09. The summed E-state index contributed by atoms with van der Waals surface area (Å²) in [5, 5.41) is 0.898. The van der Waals surface area contributed by atoms with Crippen LogP contribution in [-0.2, 0) is 16.6 Å². The van der Waals surface area contributed by atoms with Crippen molar-refractivity contribution in [2.24, 2.45) is 0 Å². The Kier molecular flexibility index (Phi) is 4.82. The van der Waals surface area contributed by atoms with Crippen LogP contribution in [0.4, 0.5) is 11.4 Å². The first-order valence-electron chi connectivity index (χ1n) is 8.46. The van der Waals surface area contributed by atoms with Crippen molar-refractivity contribution in [3.05, 3.63) is 42.5 Å². The largest absolute Gasteiger partial charge is 0.494 e. The SMILES string of the molecule is CCOc1ccc(-c2c(N)c3ccc(NS(C)(=O)=O)cc3n2CC)cc1. The number of hydrogen-bond acceptors (Lipinski definition) is 4. The molecule has 0 saturated heterocycles.